The van der Waals surface area contributed by atoms with Crippen molar-refractivity contribution >= 4 is 47.1 Å². The number of aromatic amines is 1. The van der Waals surface area contributed by atoms with Crippen molar-refractivity contribution < 1.29 is 23.9 Å². The molecule has 0 radical (unpaired) electrons. The maximum atomic E-state index is 13.0. The number of hydrogen-bond donors (Lipinski definition) is 4. The van der Waals surface area contributed by atoms with Crippen LogP contribution in [0.4, 0.5) is 21.0 Å². The van der Waals surface area contributed by atoms with E-state index in [1.54, 1.807) is 60.8 Å². The number of hydrogen-bond acceptors (Lipinski definition) is 9. The molecule has 2 aromatic heterocycles. The average molecular weight is 590 g/mol. The van der Waals surface area contributed by atoms with Crippen LogP contribution >= 0.6 is 11.6 Å². The zero-order valence-electron chi connectivity index (χ0n) is 22.1. The van der Waals surface area contributed by atoms with Gasteiger partial charge in [0.1, 0.15) is 18.8 Å². The monoisotopic (exact) mass is 589 g/mol. The number of nitrogens with one attached hydrogen (secondary N) is 4. The smallest absolute Gasteiger partial charge is 0.411 e. The van der Waals surface area contributed by atoms with Crippen molar-refractivity contribution in [1.29, 1.82) is 0 Å². The maximum absolute atomic E-state index is 13.0. The van der Waals surface area contributed by atoms with Crippen molar-refractivity contribution in [1.82, 2.24) is 35.5 Å². The number of rotatable bonds is 5. The van der Waals surface area contributed by atoms with Gasteiger partial charge in [-0.1, -0.05) is 23.8 Å². The highest BCUT2D eigenvalue weighted by atomic mass is 35.5. The Morgan fingerprint density at radius 2 is 2.10 bits per heavy atom. The first kappa shape index (κ1) is 28.0. The van der Waals surface area contributed by atoms with E-state index in [1.807, 2.05) is 0 Å². The number of imidazole rings is 1. The zero-order chi connectivity index (χ0) is 29.5. The summed E-state index contributed by atoms with van der Waals surface area (Å²) in [6, 6.07) is 9.48. The van der Waals surface area contributed by atoms with E-state index in [2.05, 4.69) is 46.2 Å². The van der Waals surface area contributed by atoms with E-state index >= 15 is 0 Å². The Morgan fingerprint density at radius 3 is 2.90 bits per heavy atom. The van der Waals surface area contributed by atoms with Gasteiger partial charge in [-0.05, 0) is 59.3 Å². The van der Waals surface area contributed by atoms with Crippen LogP contribution in [0.25, 0.3) is 23.0 Å². The number of halogens is 1. The van der Waals surface area contributed by atoms with Crippen LogP contribution in [0.15, 0.2) is 67.2 Å². The van der Waals surface area contributed by atoms with Crippen LogP contribution < -0.4 is 16.0 Å². The van der Waals surface area contributed by atoms with Gasteiger partial charge in [-0.2, -0.15) is 4.68 Å². The number of benzene rings is 2. The highest BCUT2D eigenvalue weighted by Gasteiger charge is 2.20. The van der Waals surface area contributed by atoms with Gasteiger partial charge in [-0.25, -0.2) is 14.6 Å². The Bertz CT molecular complexity index is 1670. The number of H-pyrrole nitrogens is 1. The predicted octanol–water partition coefficient (Wildman–Crippen LogP) is 4.26. The highest BCUT2D eigenvalue weighted by molar-refractivity contribution is 6.30. The summed E-state index contributed by atoms with van der Waals surface area (Å²) < 4.78 is 11.3. The Hall–Kier alpha value is -5.50. The summed E-state index contributed by atoms with van der Waals surface area (Å²) >= 11 is 6.18. The Labute approximate surface area is 243 Å². The SMILES string of the molecule is COC(=O)Nc1ccc2c(c1)NC(=O)OCC=CCC(NC(=O)C=Cc1cc(Cl)ccc1-n1cnnn1)c1nc-2c[nH]1. The minimum absolute atomic E-state index is 0.000869. The summed E-state index contributed by atoms with van der Waals surface area (Å²) in [7, 11) is 1.25. The molecule has 1 atom stereocenters. The molecule has 0 saturated heterocycles. The first-order chi connectivity index (χ1) is 20.4. The lowest BCUT2D eigenvalue weighted by Crippen LogP contribution is -2.27. The van der Waals surface area contributed by atoms with Gasteiger partial charge in [0.15, 0.2) is 0 Å². The van der Waals surface area contributed by atoms with Gasteiger partial charge in [0, 0.05) is 34.1 Å². The van der Waals surface area contributed by atoms with E-state index in [9.17, 15) is 14.4 Å². The number of amides is 3. The number of tetrazole rings is 1. The van der Waals surface area contributed by atoms with E-state index < -0.39 is 18.2 Å². The van der Waals surface area contributed by atoms with E-state index in [1.165, 1.54) is 24.2 Å². The number of cyclic esters (lactones) is 1. The molecule has 4 N–H and O–H groups in total. The van der Waals surface area contributed by atoms with Crippen LogP contribution in [0.2, 0.25) is 5.02 Å². The summed E-state index contributed by atoms with van der Waals surface area (Å²) in [6.07, 6.45) is 8.54. The first-order valence-corrected chi connectivity index (χ1v) is 12.9. The number of methoxy groups -OCH3 is 1. The minimum Gasteiger partial charge on any atom is -0.453 e. The molecule has 1 aliphatic heterocycles. The Balaban J connectivity index is 1.40. The summed E-state index contributed by atoms with van der Waals surface area (Å²) in [4.78, 5) is 44.9. The van der Waals surface area contributed by atoms with E-state index in [-0.39, 0.29) is 12.5 Å². The van der Waals surface area contributed by atoms with Crippen molar-refractivity contribution in [2.45, 2.75) is 12.5 Å². The second-order valence-corrected chi connectivity index (χ2v) is 9.27. The van der Waals surface area contributed by atoms with Gasteiger partial charge in [0.05, 0.1) is 30.2 Å². The molecule has 2 bridgehead atoms. The van der Waals surface area contributed by atoms with Crippen molar-refractivity contribution in [3.05, 3.63) is 83.6 Å². The molecule has 1 unspecified atom stereocenters. The number of carbonyl (C=O) groups excluding carboxylic acids is 3. The zero-order valence-corrected chi connectivity index (χ0v) is 22.8. The van der Waals surface area contributed by atoms with E-state index in [0.717, 1.165) is 0 Å². The maximum Gasteiger partial charge on any atom is 0.411 e. The second-order valence-electron chi connectivity index (χ2n) is 8.83. The lowest BCUT2D eigenvalue weighted by atomic mass is 10.1. The van der Waals surface area contributed by atoms with Crippen LogP contribution in [-0.2, 0) is 14.3 Å². The topological polar surface area (TPSA) is 178 Å². The molecular weight excluding hydrogens is 566 g/mol. The van der Waals surface area contributed by atoms with Crippen molar-refractivity contribution in [2.75, 3.05) is 24.4 Å². The number of carbonyl (C=O) groups is 3. The molecule has 2 aromatic carbocycles. The fourth-order valence-electron chi connectivity index (χ4n) is 4.10. The quantitative estimate of drug-likeness (QED) is 0.195. The second kappa shape index (κ2) is 12.8. The van der Waals surface area contributed by atoms with Crippen LogP contribution in [0, 0.1) is 0 Å². The Morgan fingerprint density at radius 1 is 1.21 bits per heavy atom. The fourth-order valence-corrected chi connectivity index (χ4v) is 4.28. The van der Waals surface area contributed by atoms with Crippen molar-refractivity contribution in [3.63, 3.8) is 0 Å². The number of fused-ring (bicyclic) bond motifs is 4. The third kappa shape index (κ3) is 6.79. The summed E-state index contributed by atoms with van der Waals surface area (Å²) in [6.45, 7) is -0.000869. The van der Waals surface area contributed by atoms with Crippen LogP contribution in [0.3, 0.4) is 0 Å². The van der Waals surface area contributed by atoms with Gasteiger partial charge in [0.2, 0.25) is 5.91 Å². The third-order valence-electron chi connectivity index (χ3n) is 6.06. The fraction of sp³-hybridized carbons (Fsp3) is 0.148. The molecule has 3 amide bonds. The van der Waals surface area contributed by atoms with E-state index in [4.69, 9.17) is 16.3 Å². The van der Waals surface area contributed by atoms with Crippen LogP contribution in [0.5, 0.6) is 0 Å². The number of ether oxygens (including phenoxy) is 2. The van der Waals surface area contributed by atoms with Crippen molar-refractivity contribution in [2.24, 2.45) is 0 Å². The molecule has 15 heteroatoms. The molecule has 0 spiro atoms. The van der Waals surface area contributed by atoms with Crippen molar-refractivity contribution in [3.8, 4) is 16.9 Å². The lowest BCUT2D eigenvalue weighted by Gasteiger charge is -2.14. The first-order valence-electron chi connectivity index (χ1n) is 12.5. The number of aromatic nitrogens is 6. The third-order valence-corrected chi connectivity index (χ3v) is 6.29. The predicted molar refractivity (Wildman–Crippen MR) is 153 cm³/mol. The molecule has 42 heavy (non-hydrogen) atoms. The van der Waals surface area contributed by atoms with Gasteiger partial charge in [-0.15, -0.1) is 5.10 Å². The average Bonchev–Trinajstić information content (AvgIpc) is 3.68. The summed E-state index contributed by atoms with van der Waals surface area (Å²) in [5, 5.41) is 19.9. The van der Waals surface area contributed by atoms with Gasteiger partial charge in [0.25, 0.3) is 0 Å². The molecule has 5 rings (SSSR count). The molecule has 214 valence electrons. The normalized spacial score (nSPS) is 14.9. The molecule has 14 nitrogen and oxygen atoms in total. The van der Waals surface area contributed by atoms with Gasteiger partial charge >= 0.3 is 12.2 Å². The molecule has 1 aliphatic rings. The number of anilines is 2. The van der Waals surface area contributed by atoms with Crippen LogP contribution in [-0.4, -0.2) is 62.0 Å². The lowest BCUT2D eigenvalue weighted by molar-refractivity contribution is -0.117. The summed E-state index contributed by atoms with van der Waals surface area (Å²) in [5.41, 5.74) is 3.05. The van der Waals surface area contributed by atoms with Gasteiger partial charge < -0.3 is 19.8 Å². The highest BCUT2D eigenvalue weighted by Crippen LogP contribution is 2.31. The summed E-state index contributed by atoms with van der Waals surface area (Å²) in [5.74, 6) is 0.105. The number of nitrogens with zero attached hydrogens (tertiary/aromatic N) is 5. The van der Waals surface area contributed by atoms with Gasteiger partial charge in [-0.3, -0.25) is 15.4 Å². The molecule has 3 heterocycles. The molecular formula is C27H24ClN9O5. The molecule has 0 saturated carbocycles. The largest absolute Gasteiger partial charge is 0.453 e. The molecule has 0 fully saturated rings. The minimum atomic E-state index is -0.692. The molecule has 0 aliphatic carbocycles. The van der Waals surface area contributed by atoms with Crippen LogP contribution in [0.1, 0.15) is 23.9 Å². The molecule has 4 aromatic rings. The standard InChI is InChI=1S/C27H24ClN9O5/c1-41-26(39)31-18-7-8-19-21(13-18)34-27(40)42-11-3-2-4-20(25-29-14-22(19)33-25)32-24(38)10-5-16-12-17(28)6-9-23(16)37-15-30-35-36-37/h2-3,5-10,12-15,20H,4,11H2,1H3,(H,29,33)(H,31,39)(H,32,38)(H,34,40). The van der Waals surface area contributed by atoms with E-state index in [0.29, 0.717) is 51.2 Å². The Kier molecular flexibility index (Phi) is 8.53.